The summed E-state index contributed by atoms with van der Waals surface area (Å²) in [6, 6.07) is 20.0. The van der Waals surface area contributed by atoms with E-state index in [9.17, 15) is 9.59 Å². The molecule has 0 radical (unpaired) electrons. The van der Waals surface area contributed by atoms with Crippen molar-refractivity contribution in [3.05, 3.63) is 83.7 Å². The minimum atomic E-state index is -0.845. The Morgan fingerprint density at radius 1 is 1.05 bits per heavy atom. The van der Waals surface area contributed by atoms with Gasteiger partial charge in [-0.25, -0.2) is 4.79 Å². The Kier molecular flexibility index (Phi) is 6.68. The van der Waals surface area contributed by atoms with E-state index in [0.29, 0.717) is 5.69 Å². The van der Waals surface area contributed by atoms with Crippen LogP contribution in [0.3, 0.4) is 0 Å². The number of aliphatic carboxylic acids is 1. The number of hydrogen-bond acceptors (Lipinski definition) is 7. The van der Waals surface area contributed by atoms with E-state index in [2.05, 4.69) is 32.9 Å². The SMILES string of the molecule is Cc1nsc(-c2cc3sc(-c4ccc5c(CC(=O)O)c[nH]c5c4)cc3s2)c1NC(=O)O[C@H](C)c1ccccc1. The van der Waals surface area contributed by atoms with Crippen LogP contribution in [0.15, 0.2) is 66.9 Å². The van der Waals surface area contributed by atoms with Gasteiger partial charge in [0.05, 0.1) is 27.6 Å². The van der Waals surface area contributed by atoms with Gasteiger partial charge in [0.15, 0.2) is 0 Å². The van der Waals surface area contributed by atoms with Crippen molar-refractivity contribution in [1.82, 2.24) is 9.36 Å². The molecule has 0 saturated heterocycles. The highest BCUT2D eigenvalue weighted by Crippen LogP contribution is 2.45. The number of carbonyl (C=O) groups is 2. The molecule has 0 spiro atoms. The number of carboxylic acid groups (broad SMARTS) is 1. The number of hydrogen-bond donors (Lipinski definition) is 3. The van der Waals surface area contributed by atoms with Gasteiger partial charge in [-0.05, 0) is 60.3 Å². The maximum Gasteiger partial charge on any atom is 0.412 e. The van der Waals surface area contributed by atoms with Crippen LogP contribution >= 0.6 is 34.2 Å². The van der Waals surface area contributed by atoms with Crippen molar-refractivity contribution in [3.63, 3.8) is 0 Å². The summed E-state index contributed by atoms with van der Waals surface area (Å²) < 4.78 is 12.4. The number of aromatic amines is 1. The first-order valence-corrected chi connectivity index (χ1v) is 14.6. The predicted octanol–water partition coefficient (Wildman–Crippen LogP) is 8.48. The Bertz CT molecular complexity index is 1800. The third-order valence-electron chi connectivity index (χ3n) is 6.47. The average molecular weight is 574 g/mol. The lowest BCUT2D eigenvalue weighted by Crippen LogP contribution is -2.16. The maximum atomic E-state index is 12.7. The zero-order valence-corrected chi connectivity index (χ0v) is 23.4. The standard InChI is InChI=1S/C29H23N3O4S3/c1-15-27(31-29(35)36-16(2)17-6-4-3-5-7-17)28(39-32-15)25-13-24-23(38-25)12-22(37-24)18-8-9-20-19(11-26(33)34)14-30-21(20)10-18/h3-10,12-14,16,30H,11H2,1-2H3,(H,31,35)(H,33,34)/t16-/m1/s1. The first-order valence-electron chi connectivity index (χ1n) is 12.2. The van der Waals surface area contributed by atoms with Crippen molar-refractivity contribution in [2.24, 2.45) is 0 Å². The Labute approximate surface area is 235 Å². The number of thiophene rings is 2. The summed E-state index contributed by atoms with van der Waals surface area (Å²) in [5, 5.41) is 13.0. The highest BCUT2D eigenvalue weighted by molar-refractivity contribution is 7.32. The lowest BCUT2D eigenvalue weighted by Gasteiger charge is -2.14. The molecule has 1 amide bonds. The molecule has 0 aliphatic carbocycles. The summed E-state index contributed by atoms with van der Waals surface area (Å²) in [6.07, 6.45) is 0.876. The van der Waals surface area contributed by atoms with Gasteiger partial charge in [0.1, 0.15) is 6.10 Å². The third-order valence-corrected chi connectivity index (χ3v) is 9.93. The number of aryl methyl sites for hydroxylation is 1. The number of benzene rings is 2. The van der Waals surface area contributed by atoms with E-state index in [1.54, 1.807) is 28.9 Å². The fraction of sp³-hybridized carbons (Fsp3) is 0.138. The summed E-state index contributed by atoms with van der Waals surface area (Å²) in [6.45, 7) is 3.73. The number of carbonyl (C=O) groups excluding carboxylic acids is 1. The van der Waals surface area contributed by atoms with Gasteiger partial charge in [-0.2, -0.15) is 4.37 Å². The number of H-pyrrole nitrogens is 1. The van der Waals surface area contributed by atoms with Crippen LogP contribution in [0.1, 0.15) is 29.8 Å². The van der Waals surface area contributed by atoms with E-state index >= 15 is 0 Å². The molecule has 6 rings (SSSR count). The quantitative estimate of drug-likeness (QED) is 0.178. The van der Waals surface area contributed by atoms with Gasteiger partial charge in [0.2, 0.25) is 0 Å². The van der Waals surface area contributed by atoms with E-state index in [1.165, 1.54) is 11.5 Å². The summed E-state index contributed by atoms with van der Waals surface area (Å²) in [5.41, 5.74) is 5.13. The Morgan fingerprint density at radius 3 is 2.56 bits per heavy atom. The number of anilines is 1. The molecular formula is C29H23N3O4S3. The van der Waals surface area contributed by atoms with Crippen LogP contribution in [0.2, 0.25) is 0 Å². The fourth-order valence-corrected chi connectivity index (χ4v) is 7.84. The molecule has 0 aliphatic rings. The van der Waals surface area contributed by atoms with Gasteiger partial charge >= 0.3 is 12.1 Å². The van der Waals surface area contributed by atoms with Crippen LogP contribution in [0.5, 0.6) is 0 Å². The Balaban J connectivity index is 1.22. The summed E-state index contributed by atoms with van der Waals surface area (Å²) in [4.78, 5) is 30.1. The molecule has 1 atom stereocenters. The van der Waals surface area contributed by atoms with E-state index in [-0.39, 0.29) is 12.5 Å². The number of amides is 1. The lowest BCUT2D eigenvalue weighted by atomic mass is 10.1. The molecular weight excluding hydrogens is 551 g/mol. The highest BCUT2D eigenvalue weighted by Gasteiger charge is 2.20. The molecule has 4 heterocycles. The summed E-state index contributed by atoms with van der Waals surface area (Å²) in [7, 11) is 0. The first kappa shape index (κ1) is 25.3. The van der Waals surface area contributed by atoms with Crippen LogP contribution in [0, 0.1) is 6.92 Å². The van der Waals surface area contributed by atoms with Crippen molar-refractivity contribution in [3.8, 4) is 20.2 Å². The molecule has 7 nitrogen and oxygen atoms in total. The van der Waals surface area contributed by atoms with E-state index in [0.717, 1.165) is 57.3 Å². The molecule has 2 aromatic carbocycles. The molecule has 3 N–H and O–H groups in total. The smallest absolute Gasteiger partial charge is 0.412 e. The van der Waals surface area contributed by atoms with Crippen LogP contribution in [0.25, 0.3) is 40.5 Å². The van der Waals surface area contributed by atoms with Gasteiger partial charge in [-0.1, -0.05) is 42.5 Å². The zero-order chi connectivity index (χ0) is 27.1. The number of rotatable bonds is 7. The van der Waals surface area contributed by atoms with Crippen LogP contribution < -0.4 is 5.32 Å². The number of nitrogens with zero attached hydrogens (tertiary/aromatic N) is 1. The second-order valence-corrected chi connectivity index (χ2v) is 12.1. The average Bonchev–Trinajstić information content (AvgIpc) is 3.68. The Hall–Kier alpha value is -3.99. The van der Waals surface area contributed by atoms with E-state index < -0.39 is 12.1 Å². The summed E-state index contributed by atoms with van der Waals surface area (Å²) >= 11 is 4.72. The molecule has 39 heavy (non-hydrogen) atoms. The first-order chi connectivity index (χ1) is 18.9. The predicted molar refractivity (Wildman–Crippen MR) is 159 cm³/mol. The second kappa shape index (κ2) is 10.3. The second-order valence-electron chi connectivity index (χ2n) is 9.15. The molecule has 6 aromatic rings. The monoisotopic (exact) mass is 573 g/mol. The molecule has 196 valence electrons. The minimum absolute atomic E-state index is 0.00543. The minimum Gasteiger partial charge on any atom is -0.481 e. The van der Waals surface area contributed by atoms with Crippen LogP contribution in [-0.2, 0) is 16.0 Å². The van der Waals surface area contributed by atoms with Crippen molar-refractivity contribution in [2.45, 2.75) is 26.4 Å². The molecule has 4 aromatic heterocycles. The normalized spacial score (nSPS) is 12.2. The Morgan fingerprint density at radius 2 is 1.79 bits per heavy atom. The number of ether oxygens (including phenoxy) is 1. The van der Waals surface area contributed by atoms with Gasteiger partial charge < -0.3 is 14.8 Å². The van der Waals surface area contributed by atoms with Crippen molar-refractivity contribution in [1.29, 1.82) is 0 Å². The third kappa shape index (κ3) is 5.06. The topological polar surface area (TPSA) is 104 Å². The summed E-state index contributed by atoms with van der Waals surface area (Å²) in [5.74, 6) is -0.845. The van der Waals surface area contributed by atoms with Crippen molar-refractivity contribution in [2.75, 3.05) is 5.32 Å². The van der Waals surface area contributed by atoms with Gasteiger partial charge in [-0.3, -0.25) is 10.1 Å². The van der Waals surface area contributed by atoms with E-state index in [1.807, 2.05) is 56.3 Å². The number of fused-ring (bicyclic) bond motifs is 2. The number of carboxylic acids is 1. The van der Waals surface area contributed by atoms with Gasteiger partial charge in [0.25, 0.3) is 0 Å². The van der Waals surface area contributed by atoms with Crippen LogP contribution in [-0.4, -0.2) is 26.5 Å². The molecule has 0 bridgehead atoms. The fourth-order valence-electron chi connectivity index (χ4n) is 4.51. The molecule has 0 fully saturated rings. The largest absolute Gasteiger partial charge is 0.481 e. The van der Waals surface area contributed by atoms with Gasteiger partial charge in [-0.15, -0.1) is 22.7 Å². The van der Waals surface area contributed by atoms with Crippen molar-refractivity contribution < 1.29 is 19.4 Å². The highest BCUT2D eigenvalue weighted by atomic mass is 32.1. The lowest BCUT2D eigenvalue weighted by molar-refractivity contribution is -0.136. The maximum absolute atomic E-state index is 12.7. The van der Waals surface area contributed by atoms with Crippen LogP contribution in [0.4, 0.5) is 10.5 Å². The van der Waals surface area contributed by atoms with E-state index in [4.69, 9.17) is 9.84 Å². The molecule has 0 unspecified atom stereocenters. The number of nitrogens with one attached hydrogen (secondary N) is 2. The molecule has 10 heteroatoms. The molecule has 0 saturated carbocycles. The van der Waals surface area contributed by atoms with Gasteiger partial charge in [0, 0.05) is 31.4 Å². The zero-order valence-electron chi connectivity index (χ0n) is 21.0. The molecule has 0 aliphatic heterocycles. The van der Waals surface area contributed by atoms with Crippen molar-refractivity contribution >= 4 is 72.3 Å². The number of aromatic nitrogens is 2.